The number of rotatable bonds is 7. The number of amides is 1. The third-order valence-corrected chi connectivity index (χ3v) is 5.54. The number of hydrazone groups is 1. The number of carbonyl (C=O) groups is 1. The topological polar surface area (TPSA) is 101 Å². The second kappa shape index (κ2) is 8.85. The van der Waals surface area contributed by atoms with Crippen molar-refractivity contribution < 1.29 is 17.6 Å². The van der Waals surface area contributed by atoms with E-state index in [-0.39, 0.29) is 17.3 Å². The van der Waals surface area contributed by atoms with Gasteiger partial charge in [-0.25, -0.2) is 18.6 Å². The van der Waals surface area contributed by atoms with Gasteiger partial charge >= 0.3 is 0 Å². The predicted molar refractivity (Wildman–Crippen MR) is 110 cm³/mol. The molecule has 3 aromatic rings. The second-order valence-corrected chi connectivity index (χ2v) is 8.27. The van der Waals surface area contributed by atoms with E-state index in [0.29, 0.717) is 17.1 Å². The summed E-state index contributed by atoms with van der Waals surface area (Å²) in [6.07, 6.45) is 1.35. The zero-order valence-electron chi connectivity index (χ0n) is 16.0. The number of nitrogens with one attached hydrogen (secondary N) is 2. The lowest BCUT2D eigenvalue weighted by atomic mass is 10.1. The molecule has 1 aromatic heterocycles. The smallest absolute Gasteiger partial charge is 0.271 e. The molecule has 1 amide bonds. The molecule has 3 rings (SSSR count). The van der Waals surface area contributed by atoms with Crippen molar-refractivity contribution in [2.75, 3.05) is 0 Å². The minimum absolute atomic E-state index is 0.000223. The van der Waals surface area contributed by atoms with Crippen molar-refractivity contribution in [2.24, 2.45) is 5.10 Å². The van der Waals surface area contributed by atoms with Crippen LogP contribution in [0.2, 0.25) is 0 Å². The molecule has 1 heterocycles. The monoisotopic (exact) mass is 411 g/mol. The molecule has 2 aromatic carbocycles. The zero-order valence-corrected chi connectivity index (χ0v) is 16.9. The van der Waals surface area contributed by atoms with Crippen LogP contribution in [0, 0.1) is 13.8 Å². The van der Waals surface area contributed by atoms with Crippen LogP contribution in [0.3, 0.4) is 0 Å². The van der Waals surface area contributed by atoms with E-state index in [4.69, 9.17) is 4.42 Å². The fourth-order valence-electron chi connectivity index (χ4n) is 2.45. The van der Waals surface area contributed by atoms with Crippen LogP contribution in [0.25, 0.3) is 0 Å². The molecular weight excluding hydrogens is 390 g/mol. The third kappa shape index (κ3) is 5.63. The maximum atomic E-state index is 12.3. The van der Waals surface area contributed by atoms with Crippen LogP contribution in [0.4, 0.5) is 0 Å². The van der Waals surface area contributed by atoms with E-state index in [1.54, 1.807) is 48.5 Å². The van der Waals surface area contributed by atoms with Crippen LogP contribution in [0.5, 0.6) is 0 Å². The molecule has 0 aliphatic carbocycles. The number of hydrogen-bond donors (Lipinski definition) is 2. The highest BCUT2D eigenvalue weighted by molar-refractivity contribution is 7.89. The molecule has 0 fully saturated rings. The van der Waals surface area contributed by atoms with Crippen molar-refractivity contribution in [3.05, 3.63) is 88.9 Å². The highest BCUT2D eigenvalue weighted by Gasteiger charge is 2.14. The molecule has 0 radical (unpaired) electrons. The van der Waals surface area contributed by atoms with Gasteiger partial charge in [0, 0.05) is 5.56 Å². The number of furan rings is 1. The Morgan fingerprint density at radius 3 is 2.24 bits per heavy atom. The van der Waals surface area contributed by atoms with E-state index in [1.807, 2.05) is 26.0 Å². The summed E-state index contributed by atoms with van der Waals surface area (Å²) in [5.41, 5.74) is 4.96. The quantitative estimate of drug-likeness (QED) is 0.461. The van der Waals surface area contributed by atoms with Gasteiger partial charge in [0.1, 0.15) is 11.5 Å². The molecule has 0 atom stereocenters. The highest BCUT2D eigenvalue weighted by atomic mass is 32.2. The minimum atomic E-state index is -3.63. The van der Waals surface area contributed by atoms with Crippen molar-refractivity contribution in [1.82, 2.24) is 10.1 Å². The lowest BCUT2D eigenvalue weighted by Crippen LogP contribution is -2.22. The van der Waals surface area contributed by atoms with Gasteiger partial charge in [-0.3, -0.25) is 4.79 Å². The average molecular weight is 411 g/mol. The first kappa shape index (κ1) is 20.5. The predicted octanol–water partition coefficient (Wildman–Crippen LogP) is 3.14. The number of hydrogen-bond acceptors (Lipinski definition) is 5. The van der Waals surface area contributed by atoms with Crippen LogP contribution in [-0.4, -0.2) is 20.5 Å². The van der Waals surface area contributed by atoms with Gasteiger partial charge in [-0.15, -0.1) is 0 Å². The first-order valence-corrected chi connectivity index (χ1v) is 10.4. The number of nitrogens with zero attached hydrogens (tertiary/aromatic N) is 1. The van der Waals surface area contributed by atoms with Crippen LogP contribution in [0.15, 0.2) is 75.1 Å². The minimum Gasteiger partial charge on any atom is -0.459 e. The molecule has 7 nitrogen and oxygen atoms in total. The van der Waals surface area contributed by atoms with Gasteiger partial charge in [-0.2, -0.15) is 5.10 Å². The largest absolute Gasteiger partial charge is 0.459 e. The molecular formula is C21H21N3O4S. The van der Waals surface area contributed by atoms with Gasteiger partial charge in [0.05, 0.1) is 17.7 Å². The fraction of sp³-hybridized carbons (Fsp3) is 0.143. The Morgan fingerprint density at radius 1 is 0.966 bits per heavy atom. The van der Waals surface area contributed by atoms with Crippen LogP contribution in [0.1, 0.15) is 33.0 Å². The van der Waals surface area contributed by atoms with Crippen LogP contribution >= 0.6 is 0 Å². The van der Waals surface area contributed by atoms with Crippen molar-refractivity contribution in [3.63, 3.8) is 0 Å². The Kier molecular flexibility index (Phi) is 6.26. The molecule has 8 heteroatoms. The van der Waals surface area contributed by atoms with E-state index < -0.39 is 10.0 Å². The molecule has 0 unspecified atom stereocenters. The maximum absolute atomic E-state index is 12.3. The Balaban J connectivity index is 1.55. The maximum Gasteiger partial charge on any atom is 0.271 e. The zero-order chi connectivity index (χ0) is 20.9. The van der Waals surface area contributed by atoms with Crippen molar-refractivity contribution >= 4 is 22.1 Å². The van der Waals surface area contributed by atoms with Gasteiger partial charge in [0.2, 0.25) is 10.0 Å². The van der Waals surface area contributed by atoms with E-state index in [2.05, 4.69) is 15.2 Å². The molecule has 0 aliphatic heterocycles. The summed E-state index contributed by atoms with van der Waals surface area (Å²) in [4.78, 5) is 12.2. The van der Waals surface area contributed by atoms with Gasteiger partial charge in [0.25, 0.3) is 5.91 Å². The van der Waals surface area contributed by atoms with Gasteiger partial charge < -0.3 is 4.42 Å². The Hall–Kier alpha value is -3.23. The van der Waals surface area contributed by atoms with E-state index in [1.165, 1.54) is 6.21 Å². The number of carbonyl (C=O) groups excluding carboxylic acids is 1. The summed E-state index contributed by atoms with van der Waals surface area (Å²) < 4.78 is 32.6. The lowest BCUT2D eigenvalue weighted by molar-refractivity contribution is 0.0955. The molecule has 150 valence electrons. The van der Waals surface area contributed by atoms with Crippen LogP contribution in [-0.2, 0) is 16.6 Å². The summed E-state index contributed by atoms with van der Waals surface area (Å²) in [7, 11) is -3.63. The molecule has 0 spiro atoms. The number of benzene rings is 2. The average Bonchev–Trinajstić information content (AvgIpc) is 3.15. The standard InChI is InChI=1S/C21H21N3O4S/c1-15-3-7-17(8-4-15)21(25)24-22-13-18-9-10-19(28-18)14-23-29(26,27)20-11-5-16(2)6-12-20/h3-13,23H,14H2,1-2H3,(H,24,25)/b22-13-. The first-order chi connectivity index (χ1) is 13.8. The normalized spacial score (nSPS) is 11.7. The van der Waals surface area contributed by atoms with Crippen molar-refractivity contribution in [3.8, 4) is 0 Å². The fourth-order valence-corrected chi connectivity index (χ4v) is 3.44. The van der Waals surface area contributed by atoms with Gasteiger partial charge in [-0.05, 0) is 50.2 Å². The third-order valence-electron chi connectivity index (χ3n) is 4.12. The highest BCUT2D eigenvalue weighted by Crippen LogP contribution is 2.12. The molecule has 0 saturated carbocycles. The second-order valence-electron chi connectivity index (χ2n) is 6.51. The van der Waals surface area contributed by atoms with E-state index in [0.717, 1.165) is 11.1 Å². The Bertz CT molecular complexity index is 1120. The van der Waals surface area contributed by atoms with Gasteiger partial charge in [-0.1, -0.05) is 35.4 Å². The summed E-state index contributed by atoms with van der Waals surface area (Å²) in [5.74, 6) is 0.477. The Labute approximate surface area is 169 Å². The number of aryl methyl sites for hydroxylation is 2. The van der Waals surface area contributed by atoms with Crippen molar-refractivity contribution in [1.29, 1.82) is 0 Å². The first-order valence-electron chi connectivity index (χ1n) is 8.88. The summed E-state index contributed by atoms with van der Waals surface area (Å²) in [6.45, 7) is 3.83. The summed E-state index contributed by atoms with van der Waals surface area (Å²) in [5, 5.41) is 3.86. The molecule has 29 heavy (non-hydrogen) atoms. The summed E-state index contributed by atoms with van der Waals surface area (Å²) in [6, 6.07) is 17.0. The Morgan fingerprint density at radius 2 is 1.59 bits per heavy atom. The van der Waals surface area contributed by atoms with E-state index in [9.17, 15) is 13.2 Å². The van der Waals surface area contributed by atoms with E-state index >= 15 is 0 Å². The van der Waals surface area contributed by atoms with Crippen molar-refractivity contribution in [2.45, 2.75) is 25.3 Å². The molecule has 0 bridgehead atoms. The number of sulfonamides is 1. The molecule has 2 N–H and O–H groups in total. The SMILES string of the molecule is Cc1ccc(C(=O)N/N=C\c2ccc(CNS(=O)(=O)c3ccc(C)cc3)o2)cc1. The van der Waals surface area contributed by atoms with Crippen LogP contribution < -0.4 is 10.1 Å². The molecule has 0 aliphatic rings. The van der Waals surface area contributed by atoms with Gasteiger partial charge in [0.15, 0.2) is 0 Å². The lowest BCUT2D eigenvalue weighted by Gasteiger charge is -2.05. The molecule has 0 saturated heterocycles. The summed E-state index contributed by atoms with van der Waals surface area (Å²) >= 11 is 0.